The van der Waals surface area contributed by atoms with Crippen molar-refractivity contribution in [2.75, 3.05) is 31.5 Å². The zero-order valence-electron chi connectivity index (χ0n) is 16.3. The van der Waals surface area contributed by atoms with E-state index in [2.05, 4.69) is 48.4 Å². The Hall–Kier alpha value is -2.50. The first-order valence-corrected chi connectivity index (χ1v) is 10.2. The van der Waals surface area contributed by atoms with Crippen LogP contribution < -0.4 is 14.5 Å². The average Bonchev–Trinajstić information content (AvgIpc) is 3.47. The maximum absolute atomic E-state index is 6.07. The van der Waals surface area contributed by atoms with Gasteiger partial charge in [-0.15, -0.1) is 0 Å². The highest BCUT2D eigenvalue weighted by atomic mass is 16.7. The van der Waals surface area contributed by atoms with Crippen LogP contribution in [0.15, 0.2) is 54.2 Å². The van der Waals surface area contributed by atoms with Crippen molar-refractivity contribution in [2.24, 2.45) is 0 Å². The largest absolute Gasteiger partial charge is 0.454 e. The van der Waals surface area contributed by atoms with E-state index in [1.165, 1.54) is 31.5 Å². The molecule has 28 heavy (non-hydrogen) atoms. The second kappa shape index (κ2) is 7.49. The van der Waals surface area contributed by atoms with Gasteiger partial charge in [0.2, 0.25) is 6.79 Å². The summed E-state index contributed by atoms with van der Waals surface area (Å²) >= 11 is 0. The molecule has 0 spiro atoms. The van der Waals surface area contributed by atoms with Gasteiger partial charge in [0.05, 0.1) is 5.69 Å². The first kappa shape index (κ1) is 17.6. The Morgan fingerprint density at radius 3 is 2.50 bits per heavy atom. The first-order chi connectivity index (χ1) is 13.8. The minimum Gasteiger partial charge on any atom is -0.454 e. The molecule has 3 heterocycles. The molecule has 146 valence electrons. The van der Waals surface area contributed by atoms with E-state index in [4.69, 9.17) is 14.3 Å². The number of benzene rings is 2. The van der Waals surface area contributed by atoms with Crippen molar-refractivity contribution in [3.63, 3.8) is 0 Å². The smallest absolute Gasteiger partial charge is 0.231 e. The molecule has 5 nitrogen and oxygen atoms in total. The Balaban J connectivity index is 1.27. The minimum absolute atomic E-state index is 0.135. The maximum atomic E-state index is 6.07. The summed E-state index contributed by atoms with van der Waals surface area (Å²) in [4.78, 5) is 8.62. The summed E-state index contributed by atoms with van der Waals surface area (Å²) in [6, 6.07) is 14.5. The molecule has 2 aromatic rings. The van der Waals surface area contributed by atoms with Crippen molar-refractivity contribution in [3.05, 3.63) is 54.2 Å². The standard InChI is InChI=1S/C23H26N2O3/c1-17-20(10-13-24-11-2-3-12-24)15-25(28-17)21-7-4-18(5-8-21)19-6-9-22-23(14-19)27-16-26-22/h4-9,14-15,17H,2-3,10-13,16H2,1H3. The van der Waals surface area contributed by atoms with Crippen LogP contribution in [0, 0.1) is 0 Å². The molecule has 1 atom stereocenters. The van der Waals surface area contributed by atoms with Gasteiger partial charge in [-0.1, -0.05) is 18.2 Å². The van der Waals surface area contributed by atoms with E-state index in [1.807, 2.05) is 17.2 Å². The van der Waals surface area contributed by atoms with Crippen LogP contribution in [0.3, 0.4) is 0 Å². The van der Waals surface area contributed by atoms with E-state index in [1.54, 1.807) is 0 Å². The third-order valence-electron chi connectivity index (χ3n) is 5.82. The van der Waals surface area contributed by atoms with E-state index < -0.39 is 0 Å². The van der Waals surface area contributed by atoms with Crippen molar-refractivity contribution >= 4 is 5.69 Å². The van der Waals surface area contributed by atoms with Crippen LogP contribution in [-0.2, 0) is 4.84 Å². The molecule has 1 unspecified atom stereocenters. The summed E-state index contributed by atoms with van der Waals surface area (Å²) in [7, 11) is 0. The molecule has 0 saturated carbocycles. The third kappa shape index (κ3) is 3.48. The summed E-state index contributed by atoms with van der Waals surface area (Å²) in [6.07, 6.45) is 6.06. The second-order valence-corrected chi connectivity index (χ2v) is 7.69. The quantitative estimate of drug-likeness (QED) is 0.760. The van der Waals surface area contributed by atoms with Gasteiger partial charge in [-0.3, -0.25) is 4.84 Å². The molecule has 2 aromatic carbocycles. The fourth-order valence-corrected chi connectivity index (χ4v) is 4.10. The highest BCUT2D eigenvalue weighted by molar-refractivity contribution is 5.69. The van der Waals surface area contributed by atoms with Crippen molar-refractivity contribution < 1.29 is 14.3 Å². The van der Waals surface area contributed by atoms with Gasteiger partial charge >= 0.3 is 0 Å². The molecule has 3 aliphatic rings. The normalized spacial score (nSPS) is 21.4. The van der Waals surface area contributed by atoms with Crippen LogP contribution in [-0.4, -0.2) is 37.4 Å². The predicted octanol–water partition coefficient (Wildman–Crippen LogP) is 4.59. The molecule has 0 aliphatic carbocycles. The van der Waals surface area contributed by atoms with Gasteiger partial charge in [0.1, 0.15) is 6.10 Å². The molecule has 1 fully saturated rings. The monoisotopic (exact) mass is 378 g/mol. The molecule has 0 bridgehead atoms. The minimum atomic E-state index is 0.135. The van der Waals surface area contributed by atoms with E-state index >= 15 is 0 Å². The number of nitrogens with zero attached hydrogens (tertiary/aromatic N) is 2. The van der Waals surface area contributed by atoms with E-state index in [9.17, 15) is 0 Å². The lowest BCUT2D eigenvalue weighted by atomic mass is 10.0. The van der Waals surface area contributed by atoms with Crippen molar-refractivity contribution in [2.45, 2.75) is 32.3 Å². The Kier molecular flexibility index (Phi) is 4.71. The van der Waals surface area contributed by atoms with Crippen LogP contribution in [0.2, 0.25) is 0 Å². The van der Waals surface area contributed by atoms with Gasteiger partial charge in [0, 0.05) is 12.7 Å². The highest BCUT2D eigenvalue weighted by Crippen LogP contribution is 2.36. The molecule has 1 saturated heterocycles. The lowest BCUT2D eigenvalue weighted by Gasteiger charge is -2.17. The molecule has 0 N–H and O–H groups in total. The lowest BCUT2D eigenvalue weighted by Crippen LogP contribution is -2.22. The van der Waals surface area contributed by atoms with Gasteiger partial charge in [0.25, 0.3) is 0 Å². The Morgan fingerprint density at radius 1 is 0.929 bits per heavy atom. The lowest BCUT2D eigenvalue weighted by molar-refractivity contribution is 0.107. The second-order valence-electron chi connectivity index (χ2n) is 7.69. The van der Waals surface area contributed by atoms with Crippen LogP contribution in [0.1, 0.15) is 26.2 Å². The van der Waals surface area contributed by atoms with Crippen molar-refractivity contribution in [1.82, 2.24) is 4.90 Å². The van der Waals surface area contributed by atoms with Crippen LogP contribution in [0.4, 0.5) is 5.69 Å². The number of hydroxylamine groups is 1. The van der Waals surface area contributed by atoms with Gasteiger partial charge in [-0.25, -0.2) is 5.06 Å². The van der Waals surface area contributed by atoms with Crippen LogP contribution in [0.5, 0.6) is 11.5 Å². The molecule has 0 amide bonds. The fraction of sp³-hybridized carbons (Fsp3) is 0.391. The Morgan fingerprint density at radius 2 is 1.68 bits per heavy atom. The zero-order chi connectivity index (χ0) is 18.9. The van der Waals surface area contributed by atoms with Gasteiger partial charge in [-0.2, -0.15) is 0 Å². The number of hydrogen-bond acceptors (Lipinski definition) is 5. The number of ether oxygens (including phenoxy) is 2. The Bertz CT molecular complexity index is 872. The maximum Gasteiger partial charge on any atom is 0.231 e. The molecule has 0 radical (unpaired) electrons. The molecular weight excluding hydrogens is 352 g/mol. The topological polar surface area (TPSA) is 34.2 Å². The van der Waals surface area contributed by atoms with Crippen LogP contribution >= 0.6 is 0 Å². The highest BCUT2D eigenvalue weighted by Gasteiger charge is 2.24. The van der Waals surface area contributed by atoms with E-state index in [0.717, 1.165) is 41.3 Å². The summed E-state index contributed by atoms with van der Waals surface area (Å²) < 4.78 is 10.9. The number of anilines is 1. The van der Waals surface area contributed by atoms with Crippen molar-refractivity contribution in [3.8, 4) is 22.6 Å². The Labute approximate surface area is 166 Å². The van der Waals surface area contributed by atoms with E-state index in [0.29, 0.717) is 6.79 Å². The van der Waals surface area contributed by atoms with Crippen LogP contribution in [0.25, 0.3) is 11.1 Å². The fourth-order valence-electron chi connectivity index (χ4n) is 4.10. The van der Waals surface area contributed by atoms with Crippen molar-refractivity contribution in [1.29, 1.82) is 0 Å². The SMILES string of the molecule is CC1ON(c2ccc(-c3ccc4c(c3)OCO4)cc2)C=C1CCN1CCCC1. The molecular formula is C23H26N2O3. The molecule has 5 heteroatoms. The average molecular weight is 378 g/mol. The third-order valence-corrected chi connectivity index (χ3v) is 5.82. The predicted molar refractivity (Wildman–Crippen MR) is 109 cm³/mol. The summed E-state index contributed by atoms with van der Waals surface area (Å²) in [5.74, 6) is 1.62. The summed E-state index contributed by atoms with van der Waals surface area (Å²) in [6.45, 7) is 6.06. The molecule has 0 aromatic heterocycles. The number of fused-ring (bicyclic) bond motifs is 1. The first-order valence-electron chi connectivity index (χ1n) is 10.2. The van der Waals surface area contributed by atoms with E-state index in [-0.39, 0.29) is 6.10 Å². The molecule has 3 aliphatic heterocycles. The number of likely N-dealkylation sites (tertiary alicyclic amines) is 1. The number of rotatable bonds is 5. The van der Waals surface area contributed by atoms with Gasteiger partial charge in [0.15, 0.2) is 11.5 Å². The molecule has 5 rings (SSSR count). The van der Waals surface area contributed by atoms with Gasteiger partial charge < -0.3 is 14.4 Å². The summed E-state index contributed by atoms with van der Waals surface area (Å²) in [5.41, 5.74) is 4.68. The number of hydrogen-bond donors (Lipinski definition) is 0. The van der Waals surface area contributed by atoms with Gasteiger partial charge in [-0.05, 0) is 80.2 Å². The zero-order valence-corrected chi connectivity index (χ0v) is 16.3. The summed E-state index contributed by atoms with van der Waals surface area (Å²) in [5, 5.41) is 1.91.